The lowest BCUT2D eigenvalue weighted by molar-refractivity contribution is 0.0123. The Bertz CT molecular complexity index is 531. The van der Waals surface area contributed by atoms with Crippen LogP contribution in [-0.2, 0) is 21.7 Å². The van der Waals surface area contributed by atoms with Crippen molar-refractivity contribution >= 4 is 28.4 Å². The minimum absolute atomic E-state index is 0.0758. The molecule has 1 aromatic rings. The Labute approximate surface area is 112 Å². The van der Waals surface area contributed by atoms with Gasteiger partial charge in [-0.3, -0.25) is 4.98 Å². The molecule has 1 atom stereocenters. The molecule has 1 N–H and O–H groups in total. The molecule has 1 unspecified atom stereocenters. The number of halogens is 1. The van der Waals surface area contributed by atoms with Crippen LogP contribution in [0.25, 0.3) is 0 Å². The third kappa shape index (κ3) is 3.07. The SMILES string of the molecule is CC1(C)CC(c2cnc(CS(=O)O)c(Cl)c2)=NO1. The van der Waals surface area contributed by atoms with Crippen molar-refractivity contribution in [3.05, 3.63) is 28.5 Å². The van der Waals surface area contributed by atoms with E-state index in [2.05, 4.69) is 10.1 Å². The van der Waals surface area contributed by atoms with Gasteiger partial charge in [0.25, 0.3) is 0 Å². The van der Waals surface area contributed by atoms with Crippen molar-refractivity contribution in [1.29, 1.82) is 0 Å². The van der Waals surface area contributed by atoms with Gasteiger partial charge >= 0.3 is 0 Å². The average molecular weight is 289 g/mol. The van der Waals surface area contributed by atoms with Gasteiger partial charge in [0.1, 0.15) is 5.60 Å². The van der Waals surface area contributed by atoms with Crippen molar-refractivity contribution in [3.8, 4) is 0 Å². The summed E-state index contributed by atoms with van der Waals surface area (Å²) in [5.74, 6) is -0.0758. The number of aromatic nitrogens is 1. The number of hydrogen-bond donors (Lipinski definition) is 1. The molecule has 0 aromatic carbocycles. The normalized spacial score (nSPS) is 19.2. The van der Waals surface area contributed by atoms with Gasteiger partial charge < -0.3 is 9.39 Å². The molecule has 0 aliphatic carbocycles. The van der Waals surface area contributed by atoms with Crippen molar-refractivity contribution in [1.82, 2.24) is 4.98 Å². The van der Waals surface area contributed by atoms with Crippen molar-refractivity contribution in [3.63, 3.8) is 0 Å². The largest absolute Gasteiger partial charge is 0.389 e. The summed E-state index contributed by atoms with van der Waals surface area (Å²) in [5, 5.41) is 4.36. The van der Waals surface area contributed by atoms with E-state index < -0.39 is 11.1 Å². The maximum atomic E-state index is 10.7. The average Bonchev–Trinajstić information content (AvgIpc) is 2.61. The second-order valence-corrected chi connectivity index (χ2v) is 6.02. The van der Waals surface area contributed by atoms with Crippen LogP contribution >= 0.6 is 11.6 Å². The first-order valence-electron chi connectivity index (χ1n) is 5.35. The van der Waals surface area contributed by atoms with Crippen molar-refractivity contribution in [2.24, 2.45) is 5.16 Å². The summed E-state index contributed by atoms with van der Waals surface area (Å²) in [6.45, 7) is 3.89. The van der Waals surface area contributed by atoms with Gasteiger partial charge in [-0.2, -0.15) is 0 Å². The zero-order valence-corrected chi connectivity index (χ0v) is 11.6. The lowest BCUT2D eigenvalue weighted by atomic mass is 9.99. The number of nitrogens with zero attached hydrogens (tertiary/aromatic N) is 2. The molecule has 5 nitrogen and oxygen atoms in total. The topological polar surface area (TPSA) is 71.8 Å². The lowest BCUT2D eigenvalue weighted by Crippen LogP contribution is -2.19. The first kappa shape index (κ1) is 13.5. The molecule has 98 valence electrons. The fourth-order valence-corrected chi connectivity index (χ4v) is 2.42. The molecule has 18 heavy (non-hydrogen) atoms. The molecule has 2 heterocycles. The van der Waals surface area contributed by atoms with Crippen LogP contribution in [-0.4, -0.2) is 25.1 Å². The number of rotatable bonds is 3. The van der Waals surface area contributed by atoms with E-state index >= 15 is 0 Å². The molecule has 0 amide bonds. The summed E-state index contributed by atoms with van der Waals surface area (Å²) in [7, 11) is 0. The van der Waals surface area contributed by atoms with Gasteiger partial charge in [0.2, 0.25) is 0 Å². The highest BCUT2D eigenvalue weighted by atomic mass is 35.5. The summed E-state index contributed by atoms with van der Waals surface area (Å²) < 4.78 is 19.5. The van der Waals surface area contributed by atoms with Crippen LogP contribution in [0.15, 0.2) is 17.4 Å². The van der Waals surface area contributed by atoms with E-state index in [9.17, 15) is 4.21 Å². The first-order valence-corrected chi connectivity index (χ1v) is 7.00. The summed E-state index contributed by atoms with van der Waals surface area (Å²) >= 11 is 4.07. The summed E-state index contributed by atoms with van der Waals surface area (Å²) in [6, 6.07) is 1.69. The van der Waals surface area contributed by atoms with Gasteiger partial charge in [0, 0.05) is 18.2 Å². The van der Waals surface area contributed by atoms with E-state index in [-0.39, 0.29) is 11.4 Å². The first-order chi connectivity index (χ1) is 8.37. The van der Waals surface area contributed by atoms with Crippen LogP contribution < -0.4 is 0 Å². The molecule has 0 spiro atoms. The van der Waals surface area contributed by atoms with Gasteiger partial charge in [-0.15, -0.1) is 0 Å². The Morgan fingerprint density at radius 3 is 2.83 bits per heavy atom. The van der Waals surface area contributed by atoms with Crippen molar-refractivity contribution < 1.29 is 13.6 Å². The fourth-order valence-electron chi connectivity index (χ4n) is 1.65. The maximum Gasteiger partial charge on any atom is 0.159 e. The van der Waals surface area contributed by atoms with Crippen LogP contribution in [0, 0.1) is 0 Å². The number of oxime groups is 1. The molecule has 1 aliphatic rings. The molecular weight excluding hydrogens is 276 g/mol. The van der Waals surface area contributed by atoms with Gasteiger partial charge in [0.15, 0.2) is 11.1 Å². The van der Waals surface area contributed by atoms with Crippen LogP contribution in [0.4, 0.5) is 0 Å². The number of pyridine rings is 1. The molecule has 0 saturated heterocycles. The molecule has 1 aromatic heterocycles. The fraction of sp³-hybridized carbons (Fsp3) is 0.455. The van der Waals surface area contributed by atoms with Crippen molar-refractivity contribution in [2.75, 3.05) is 0 Å². The number of hydrogen-bond acceptors (Lipinski definition) is 4. The van der Waals surface area contributed by atoms with Gasteiger partial charge in [0.05, 0.1) is 22.2 Å². The smallest absolute Gasteiger partial charge is 0.159 e. The summed E-state index contributed by atoms with van der Waals surface area (Å²) in [4.78, 5) is 9.36. The molecule has 0 radical (unpaired) electrons. The standard InChI is InChI=1S/C11H13ClN2O3S/c1-11(2)4-9(14-17-11)7-3-8(12)10(13-5-7)6-18(15)16/h3,5H,4,6H2,1-2H3,(H,15,16). The molecule has 1 aliphatic heterocycles. The Kier molecular flexibility index (Phi) is 3.70. The van der Waals surface area contributed by atoms with Gasteiger partial charge in [-0.05, 0) is 19.9 Å². The van der Waals surface area contributed by atoms with Gasteiger partial charge in [-0.1, -0.05) is 16.8 Å². The predicted molar refractivity (Wildman–Crippen MR) is 70.0 cm³/mol. The van der Waals surface area contributed by atoms with E-state index in [0.29, 0.717) is 17.1 Å². The lowest BCUT2D eigenvalue weighted by Gasteiger charge is -2.13. The quantitative estimate of drug-likeness (QED) is 0.867. The highest BCUT2D eigenvalue weighted by Gasteiger charge is 2.29. The Hall–Kier alpha value is -0.980. The highest BCUT2D eigenvalue weighted by molar-refractivity contribution is 7.78. The molecule has 7 heteroatoms. The zero-order chi connectivity index (χ0) is 13.3. The monoisotopic (exact) mass is 288 g/mol. The summed E-state index contributed by atoms with van der Waals surface area (Å²) in [5.41, 5.74) is 1.65. The van der Waals surface area contributed by atoms with E-state index in [1.54, 1.807) is 12.3 Å². The van der Waals surface area contributed by atoms with E-state index in [1.165, 1.54) is 0 Å². The van der Waals surface area contributed by atoms with E-state index in [0.717, 1.165) is 11.3 Å². The predicted octanol–water partition coefficient (Wildman–Crippen LogP) is 2.36. The molecular formula is C11H13ClN2O3S. The minimum atomic E-state index is -1.95. The second kappa shape index (κ2) is 4.95. The van der Waals surface area contributed by atoms with Gasteiger partial charge in [-0.25, -0.2) is 4.21 Å². The van der Waals surface area contributed by atoms with Crippen molar-refractivity contribution in [2.45, 2.75) is 31.6 Å². The van der Waals surface area contributed by atoms with Crippen LogP contribution in [0.1, 0.15) is 31.5 Å². The summed E-state index contributed by atoms with van der Waals surface area (Å²) in [6.07, 6.45) is 2.27. The minimum Gasteiger partial charge on any atom is -0.389 e. The highest BCUT2D eigenvalue weighted by Crippen LogP contribution is 2.27. The van der Waals surface area contributed by atoms with E-state index in [1.807, 2.05) is 13.8 Å². The molecule has 0 fully saturated rings. The Balaban J connectivity index is 2.22. The van der Waals surface area contributed by atoms with Crippen LogP contribution in [0.2, 0.25) is 5.02 Å². The zero-order valence-electron chi connectivity index (χ0n) is 10.0. The maximum absolute atomic E-state index is 10.7. The van der Waals surface area contributed by atoms with Crippen LogP contribution in [0.5, 0.6) is 0 Å². The third-order valence-electron chi connectivity index (χ3n) is 2.51. The van der Waals surface area contributed by atoms with E-state index in [4.69, 9.17) is 21.0 Å². The molecule has 0 saturated carbocycles. The molecule has 0 bridgehead atoms. The second-order valence-electron chi connectivity index (χ2n) is 4.68. The third-order valence-corrected chi connectivity index (χ3v) is 3.35. The Morgan fingerprint density at radius 1 is 1.61 bits per heavy atom. The molecule has 2 rings (SSSR count). The Morgan fingerprint density at radius 2 is 2.33 bits per heavy atom. The van der Waals surface area contributed by atoms with Crippen LogP contribution in [0.3, 0.4) is 0 Å².